The lowest BCUT2D eigenvalue weighted by Crippen LogP contribution is -2.25. The summed E-state index contributed by atoms with van der Waals surface area (Å²) in [6, 6.07) is 10.4. The molecule has 2 heterocycles. The fraction of sp³-hybridized carbons (Fsp3) is 0.333. The Bertz CT molecular complexity index is 776. The maximum Gasteiger partial charge on any atom is 0.227 e. The van der Waals surface area contributed by atoms with Crippen LogP contribution in [-0.4, -0.2) is 41.8 Å². The molecule has 132 valence electrons. The summed E-state index contributed by atoms with van der Waals surface area (Å²) < 4.78 is 24.2. The molecule has 0 spiro atoms. The quantitative estimate of drug-likeness (QED) is 0.579. The van der Waals surface area contributed by atoms with Gasteiger partial charge in [0.15, 0.2) is 11.6 Å². The predicted octanol–water partition coefficient (Wildman–Crippen LogP) is 3.88. The van der Waals surface area contributed by atoms with E-state index in [9.17, 15) is 4.39 Å². The van der Waals surface area contributed by atoms with E-state index in [4.69, 9.17) is 9.26 Å². The third-order valence-corrected chi connectivity index (χ3v) is 4.57. The highest BCUT2D eigenvalue weighted by atomic mass is 32.1. The number of para-hydroxylation sites is 1. The highest BCUT2D eigenvalue weighted by molar-refractivity contribution is 7.13. The topological polar surface area (TPSA) is 51.4 Å². The molecule has 0 aliphatic heterocycles. The van der Waals surface area contributed by atoms with E-state index in [2.05, 4.69) is 15.0 Å². The molecule has 5 nitrogen and oxygen atoms in total. The molecule has 0 N–H and O–H groups in total. The Hall–Kier alpha value is -2.25. The van der Waals surface area contributed by atoms with E-state index in [1.807, 2.05) is 24.6 Å². The third kappa shape index (κ3) is 5.11. The van der Waals surface area contributed by atoms with Crippen LogP contribution < -0.4 is 4.74 Å². The van der Waals surface area contributed by atoms with Crippen LogP contribution in [0.25, 0.3) is 10.7 Å². The molecule has 0 radical (unpaired) electrons. The predicted molar refractivity (Wildman–Crippen MR) is 95.3 cm³/mol. The Balaban J connectivity index is 1.35. The number of hydrogen-bond donors (Lipinski definition) is 0. The average Bonchev–Trinajstić information content (AvgIpc) is 3.28. The summed E-state index contributed by atoms with van der Waals surface area (Å²) in [5.74, 6) is 1.27. The highest BCUT2D eigenvalue weighted by Crippen LogP contribution is 2.21. The monoisotopic (exact) mass is 361 g/mol. The molecule has 25 heavy (non-hydrogen) atoms. The molecule has 0 atom stereocenters. The molecule has 3 rings (SSSR count). The minimum Gasteiger partial charge on any atom is -0.489 e. The van der Waals surface area contributed by atoms with Crippen LogP contribution in [0.2, 0.25) is 0 Å². The molecule has 0 aliphatic carbocycles. The van der Waals surface area contributed by atoms with Crippen LogP contribution in [0.1, 0.15) is 12.3 Å². The Morgan fingerprint density at radius 3 is 2.88 bits per heavy atom. The molecule has 0 saturated carbocycles. The normalized spacial score (nSPS) is 11.2. The van der Waals surface area contributed by atoms with Gasteiger partial charge in [-0.05, 0) is 43.6 Å². The lowest BCUT2D eigenvalue weighted by molar-refractivity contribution is 0.228. The fourth-order valence-corrected chi connectivity index (χ4v) is 3.00. The maximum absolute atomic E-state index is 13.4. The smallest absolute Gasteiger partial charge is 0.227 e. The van der Waals surface area contributed by atoms with Crippen molar-refractivity contribution in [2.45, 2.75) is 12.8 Å². The standard InChI is InChI=1S/C18H20FN3O2S/c1-22(11-12-23-15-7-3-2-6-14(15)19)10-4-9-17-20-18(21-24-17)16-8-5-13-25-16/h2-3,5-8,13H,4,9-12H2,1H3. The van der Waals surface area contributed by atoms with Gasteiger partial charge < -0.3 is 14.2 Å². The Kier molecular flexibility index (Phi) is 6.14. The number of aromatic nitrogens is 2. The zero-order valence-electron chi connectivity index (χ0n) is 14.0. The van der Waals surface area contributed by atoms with Crippen molar-refractivity contribution >= 4 is 11.3 Å². The van der Waals surface area contributed by atoms with Gasteiger partial charge in [-0.3, -0.25) is 0 Å². The third-order valence-electron chi connectivity index (χ3n) is 3.71. The Morgan fingerprint density at radius 2 is 2.08 bits per heavy atom. The molecule has 1 aromatic carbocycles. The van der Waals surface area contributed by atoms with E-state index in [0.29, 0.717) is 24.1 Å². The molecule has 0 fully saturated rings. The van der Waals surface area contributed by atoms with Gasteiger partial charge in [-0.25, -0.2) is 4.39 Å². The second-order valence-electron chi connectivity index (χ2n) is 5.67. The van der Waals surface area contributed by atoms with Crippen molar-refractivity contribution in [3.63, 3.8) is 0 Å². The SMILES string of the molecule is CN(CCCc1nc(-c2cccs2)no1)CCOc1ccccc1F. The van der Waals surface area contributed by atoms with E-state index in [-0.39, 0.29) is 5.82 Å². The van der Waals surface area contributed by atoms with E-state index >= 15 is 0 Å². The number of likely N-dealkylation sites (N-methyl/N-ethyl adjacent to an activating group) is 1. The minimum absolute atomic E-state index is 0.294. The first-order valence-electron chi connectivity index (χ1n) is 8.15. The average molecular weight is 361 g/mol. The van der Waals surface area contributed by atoms with Crippen LogP contribution in [0.4, 0.5) is 4.39 Å². The molecule has 0 aliphatic rings. The molecular formula is C18H20FN3O2S. The van der Waals surface area contributed by atoms with E-state index in [1.165, 1.54) is 6.07 Å². The van der Waals surface area contributed by atoms with Crippen molar-refractivity contribution < 1.29 is 13.7 Å². The number of nitrogens with zero attached hydrogens (tertiary/aromatic N) is 3. The van der Waals surface area contributed by atoms with Crippen molar-refractivity contribution in [1.29, 1.82) is 0 Å². The van der Waals surface area contributed by atoms with Gasteiger partial charge in [0.05, 0.1) is 4.88 Å². The molecule has 3 aromatic rings. The Labute approximate surface area is 150 Å². The van der Waals surface area contributed by atoms with Crippen LogP contribution in [0, 0.1) is 5.82 Å². The van der Waals surface area contributed by atoms with Gasteiger partial charge in [0, 0.05) is 13.0 Å². The second kappa shape index (κ2) is 8.73. The number of aryl methyl sites for hydroxylation is 1. The first-order chi connectivity index (χ1) is 12.2. The van der Waals surface area contributed by atoms with Gasteiger partial charge in [0.2, 0.25) is 11.7 Å². The minimum atomic E-state index is -0.330. The molecular weight excluding hydrogens is 341 g/mol. The highest BCUT2D eigenvalue weighted by Gasteiger charge is 2.09. The van der Waals surface area contributed by atoms with Gasteiger partial charge in [0.25, 0.3) is 0 Å². The number of benzene rings is 1. The second-order valence-corrected chi connectivity index (χ2v) is 6.62. The van der Waals surface area contributed by atoms with Crippen molar-refractivity contribution in [3.05, 3.63) is 53.5 Å². The van der Waals surface area contributed by atoms with Gasteiger partial charge >= 0.3 is 0 Å². The zero-order valence-corrected chi connectivity index (χ0v) is 14.8. The lowest BCUT2D eigenvalue weighted by Gasteiger charge is -2.16. The van der Waals surface area contributed by atoms with Crippen LogP contribution >= 0.6 is 11.3 Å². The lowest BCUT2D eigenvalue weighted by atomic mass is 10.3. The van der Waals surface area contributed by atoms with Gasteiger partial charge in [-0.2, -0.15) is 4.98 Å². The number of halogens is 1. The number of thiophene rings is 1. The van der Waals surface area contributed by atoms with Gasteiger partial charge in [0.1, 0.15) is 6.61 Å². The zero-order chi connectivity index (χ0) is 17.5. The largest absolute Gasteiger partial charge is 0.489 e. The van der Waals surface area contributed by atoms with E-state index in [1.54, 1.807) is 29.5 Å². The molecule has 0 unspecified atom stereocenters. The molecule has 2 aromatic heterocycles. The molecule has 0 amide bonds. The van der Waals surface area contributed by atoms with Crippen LogP contribution in [0.5, 0.6) is 5.75 Å². The summed E-state index contributed by atoms with van der Waals surface area (Å²) in [6.45, 7) is 2.04. The summed E-state index contributed by atoms with van der Waals surface area (Å²) in [5.41, 5.74) is 0. The Morgan fingerprint density at radius 1 is 1.20 bits per heavy atom. The summed E-state index contributed by atoms with van der Waals surface area (Å²) in [6.07, 6.45) is 1.64. The molecule has 0 saturated heterocycles. The summed E-state index contributed by atoms with van der Waals surface area (Å²) >= 11 is 1.59. The van der Waals surface area contributed by atoms with Gasteiger partial charge in [-0.15, -0.1) is 11.3 Å². The van der Waals surface area contributed by atoms with Crippen LogP contribution in [-0.2, 0) is 6.42 Å². The van der Waals surface area contributed by atoms with E-state index < -0.39 is 0 Å². The van der Waals surface area contributed by atoms with Crippen molar-refractivity contribution in [1.82, 2.24) is 15.0 Å². The number of hydrogen-bond acceptors (Lipinski definition) is 6. The number of ether oxygens (including phenoxy) is 1. The summed E-state index contributed by atoms with van der Waals surface area (Å²) in [7, 11) is 2.01. The fourth-order valence-electron chi connectivity index (χ4n) is 2.35. The number of rotatable bonds is 9. The first-order valence-corrected chi connectivity index (χ1v) is 9.02. The van der Waals surface area contributed by atoms with Crippen molar-refractivity contribution in [2.24, 2.45) is 0 Å². The summed E-state index contributed by atoms with van der Waals surface area (Å²) in [4.78, 5) is 7.56. The van der Waals surface area contributed by atoms with Crippen LogP contribution in [0.3, 0.4) is 0 Å². The van der Waals surface area contributed by atoms with Crippen molar-refractivity contribution in [3.8, 4) is 16.5 Å². The molecule has 7 heteroatoms. The van der Waals surface area contributed by atoms with Crippen molar-refractivity contribution in [2.75, 3.05) is 26.7 Å². The summed E-state index contributed by atoms with van der Waals surface area (Å²) in [5, 5.41) is 5.99. The maximum atomic E-state index is 13.4. The van der Waals surface area contributed by atoms with Gasteiger partial charge in [-0.1, -0.05) is 23.4 Å². The first kappa shape index (κ1) is 17.6. The van der Waals surface area contributed by atoms with Crippen LogP contribution in [0.15, 0.2) is 46.3 Å². The van der Waals surface area contributed by atoms with E-state index in [0.717, 1.165) is 30.8 Å². The molecule has 0 bridgehead atoms.